The molecule has 0 radical (unpaired) electrons. The van der Waals surface area contributed by atoms with Crippen molar-refractivity contribution in [1.82, 2.24) is 25.1 Å². The van der Waals surface area contributed by atoms with Crippen molar-refractivity contribution >= 4 is 11.8 Å². The minimum atomic E-state index is -4.48. The third kappa shape index (κ3) is 4.36. The van der Waals surface area contributed by atoms with E-state index in [4.69, 9.17) is 0 Å². The Labute approximate surface area is 166 Å². The van der Waals surface area contributed by atoms with E-state index in [2.05, 4.69) is 14.9 Å². The summed E-state index contributed by atoms with van der Waals surface area (Å²) in [5.74, 6) is -0.161. The molecule has 10 heteroatoms. The lowest BCUT2D eigenvalue weighted by Gasteiger charge is -2.55. The van der Waals surface area contributed by atoms with E-state index in [-0.39, 0.29) is 23.8 Å². The van der Waals surface area contributed by atoms with Crippen molar-refractivity contribution < 1.29 is 22.8 Å². The molecule has 1 N–H and O–H groups in total. The number of amides is 2. The fraction of sp³-hybridized carbons (Fsp3) is 0.684. The molecule has 0 saturated carbocycles. The zero-order chi connectivity index (χ0) is 20.6. The molecule has 3 fully saturated rings. The summed E-state index contributed by atoms with van der Waals surface area (Å²) in [6.45, 7) is 0.424. The summed E-state index contributed by atoms with van der Waals surface area (Å²) >= 11 is 0. The van der Waals surface area contributed by atoms with Gasteiger partial charge in [0, 0.05) is 43.9 Å². The van der Waals surface area contributed by atoms with Gasteiger partial charge in [-0.15, -0.1) is 0 Å². The Morgan fingerprint density at radius 1 is 1.21 bits per heavy atom. The molecule has 0 unspecified atom stereocenters. The Balaban J connectivity index is 1.55. The number of rotatable bonds is 4. The van der Waals surface area contributed by atoms with Gasteiger partial charge in [0.25, 0.3) is 0 Å². The average Bonchev–Trinajstić information content (AvgIpc) is 2.67. The van der Waals surface area contributed by atoms with E-state index in [0.29, 0.717) is 25.3 Å². The summed E-state index contributed by atoms with van der Waals surface area (Å²) in [6, 6.07) is 0.778. The van der Waals surface area contributed by atoms with Gasteiger partial charge >= 0.3 is 6.18 Å². The van der Waals surface area contributed by atoms with E-state index in [1.165, 1.54) is 0 Å². The SMILES string of the molecule is O=C(NCC(F)(F)F)[C@H]1[C@@H]2C[C@@H](CN(Cc3ncccn3)C2)[C@@H]2CCCC(=O)N21. The van der Waals surface area contributed by atoms with Crippen LogP contribution in [-0.4, -0.2) is 69.5 Å². The van der Waals surface area contributed by atoms with Crippen molar-refractivity contribution in [1.29, 1.82) is 0 Å². The predicted molar refractivity (Wildman–Crippen MR) is 96.2 cm³/mol. The standard InChI is InChI=1S/C19H24F3N5O2/c20-19(21,22)11-25-18(29)17-13-7-12(14-3-1-4-16(28)27(14)17)8-26(9-13)10-15-23-5-2-6-24-15/h2,5-6,12-14,17H,1,3-4,7-11H2,(H,25,29)/t12-,13+,14-,17+/m0/s1. The van der Waals surface area contributed by atoms with Gasteiger partial charge < -0.3 is 10.2 Å². The number of aromatic nitrogens is 2. The number of likely N-dealkylation sites (tertiary alicyclic amines) is 1. The highest BCUT2D eigenvalue weighted by molar-refractivity contribution is 5.89. The Hall–Kier alpha value is -2.23. The van der Waals surface area contributed by atoms with Crippen molar-refractivity contribution in [2.75, 3.05) is 19.6 Å². The molecule has 3 saturated heterocycles. The minimum absolute atomic E-state index is 0.103. The third-order valence-electron chi connectivity index (χ3n) is 6.13. The van der Waals surface area contributed by atoms with E-state index in [9.17, 15) is 22.8 Å². The maximum Gasteiger partial charge on any atom is 0.405 e. The number of nitrogens with zero attached hydrogens (tertiary/aromatic N) is 4. The van der Waals surface area contributed by atoms with Crippen LogP contribution in [-0.2, 0) is 16.1 Å². The van der Waals surface area contributed by atoms with Crippen LogP contribution >= 0.6 is 0 Å². The highest BCUT2D eigenvalue weighted by Crippen LogP contribution is 2.42. The molecule has 3 aliphatic rings. The fourth-order valence-corrected chi connectivity index (χ4v) is 5.12. The van der Waals surface area contributed by atoms with E-state index < -0.39 is 24.7 Å². The Kier molecular flexibility index (Phi) is 5.46. The molecular formula is C19H24F3N5O2. The van der Waals surface area contributed by atoms with Crippen LogP contribution < -0.4 is 5.32 Å². The van der Waals surface area contributed by atoms with Crippen molar-refractivity contribution in [3.8, 4) is 0 Å². The molecule has 2 amide bonds. The first-order chi connectivity index (χ1) is 13.8. The summed E-state index contributed by atoms with van der Waals surface area (Å²) in [7, 11) is 0. The van der Waals surface area contributed by atoms with E-state index in [0.717, 1.165) is 25.8 Å². The topological polar surface area (TPSA) is 78.4 Å². The van der Waals surface area contributed by atoms with Gasteiger partial charge in [-0.2, -0.15) is 13.2 Å². The number of fused-ring (bicyclic) bond motifs is 4. The Bertz CT molecular complexity index is 760. The maximum atomic E-state index is 12.8. The van der Waals surface area contributed by atoms with E-state index >= 15 is 0 Å². The van der Waals surface area contributed by atoms with Gasteiger partial charge in [0.15, 0.2) is 0 Å². The smallest absolute Gasteiger partial charge is 0.345 e. The molecule has 0 aliphatic carbocycles. The van der Waals surface area contributed by atoms with E-state index in [1.807, 2.05) is 5.32 Å². The lowest BCUT2D eigenvalue weighted by atomic mass is 9.71. The van der Waals surface area contributed by atoms with E-state index in [1.54, 1.807) is 23.4 Å². The van der Waals surface area contributed by atoms with Gasteiger partial charge in [-0.3, -0.25) is 14.5 Å². The number of hydrogen-bond donors (Lipinski definition) is 1. The average molecular weight is 411 g/mol. The lowest BCUT2D eigenvalue weighted by molar-refractivity contribution is -0.163. The first-order valence-corrected chi connectivity index (χ1v) is 9.95. The molecule has 2 bridgehead atoms. The number of carbonyl (C=O) groups is 2. The fourth-order valence-electron chi connectivity index (χ4n) is 5.12. The Morgan fingerprint density at radius 2 is 1.93 bits per heavy atom. The van der Waals surface area contributed by atoms with Crippen LogP contribution in [0.1, 0.15) is 31.5 Å². The van der Waals surface area contributed by atoms with Gasteiger partial charge in [-0.25, -0.2) is 9.97 Å². The van der Waals surface area contributed by atoms with Crippen molar-refractivity contribution in [3.63, 3.8) is 0 Å². The minimum Gasteiger partial charge on any atom is -0.345 e. The van der Waals surface area contributed by atoms with Gasteiger partial charge in [-0.05, 0) is 31.2 Å². The second kappa shape index (κ2) is 7.89. The lowest BCUT2D eigenvalue weighted by Crippen LogP contribution is -2.68. The van der Waals surface area contributed by atoms with Crippen LogP contribution in [0.15, 0.2) is 18.5 Å². The molecule has 4 rings (SSSR count). The summed E-state index contributed by atoms with van der Waals surface area (Å²) < 4.78 is 37.9. The monoisotopic (exact) mass is 411 g/mol. The third-order valence-corrected chi connectivity index (χ3v) is 6.13. The zero-order valence-electron chi connectivity index (χ0n) is 15.9. The molecular weight excluding hydrogens is 387 g/mol. The first kappa shape index (κ1) is 20.1. The Morgan fingerprint density at radius 3 is 2.66 bits per heavy atom. The number of piperidine rings is 3. The molecule has 158 valence electrons. The van der Waals surface area contributed by atoms with Crippen LogP contribution in [0.4, 0.5) is 13.2 Å². The molecule has 4 heterocycles. The van der Waals surface area contributed by atoms with Crippen LogP contribution in [0.2, 0.25) is 0 Å². The van der Waals surface area contributed by atoms with Gasteiger partial charge in [0.05, 0.1) is 6.54 Å². The number of hydrogen-bond acceptors (Lipinski definition) is 5. The van der Waals surface area contributed by atoms with Crippen LogP contribution in [0.25, 0.3) is 0 Å². The number of halogens is 3. The highest BCUT2D eigenvalue weighted by atomic mass is 19.4. The molecule has 29 heavy (non-hydrogen) atoms. The predicted octanol–water partition coefficient (Wildman–Crippen LogP) is 1.36. The molecule has 7 nitrogen and oxygen atoms in total. The normalized spacial score (nSPS) is 30.0. The number of alkyl halides is 3. The van der Waals surface area contributed by atoms with Crippen LogP contribution in [0, 0.1) is 11.8 Å². The first-order valence-electron chi connectivity index (χ1n) is 9.95. The highest BCUT2D eigenvalue weighted by Gasteiger charge is 2.52. The molecule has 1 aromatic rings. The van der Waals surface area contributed by atoms with Gasteiger partial charge in [0.1, 0.15) is 18.4 Å². The largest absolute Gasteiger partial charge is 0.405 e. The molecule has 1 aromatic heterocycles. The molecule has 0 spiro atoms. The van der Waals surface area contributed by atoms with Crippen molar-refractivity contribution in [2.24, 2.45) is 11.8 Å². The summed E-state index contributed by atoms with van der Waals surface area (Å²) in [5, 5.41) is 2.01. The van der Waals surface area contributed by atoms with Crippen molar-refractivity contribution in [2.45, 2.75) is 50.5 Å². The quantitative estimate of drug-likeness (QED) is 0.810. The summed E-state index contributed by atoms with van der Waals surface area (Å²) in [5.41, 5.74) is 0. The van der Waals surface area contributed by atoms with Gasteiger partial charge in [-0.1, -0.05) is 0 Å². The van der Waals surface area contributed by atoms with Crippen LogP contribution in [0.5, 0.6) is 0 Å². The zero-order valence-corrected chi connectivity index (χ0v) is 15.9. The second-order valence-electron chi connectivity index (χ2n) is 8.15. The number of nitrogens with one attached hydrogen (secondary N) is 1. The van der Waals surface area contributed by atoms with Crippen LogP contribution in [0.3, 0.4) is 0 Å². The van der Waals surface area contributed by atoms with Gasteiger partial charge in [0.2, 0.25) is 11.8 Å². The molecule has 4 atom stereocenters. The maximum absolute atomic E-state index is 12.8. The second-order valence-corrected chi connectivity index (χ2v) is 8.15. The summed E-state index contributed by atoms with van der Waals surface area (Å²) in [4.78, 5) is 37.7. The molecule has 3 aliphatic heterocycles. The van der Waals surface area contributed by atoms with Crippen molar-refractivity contribution in [3.05, 3.63) is 24.3 Å². The summed E-state index contributed by atoms with van der Waals surface area (Å²) in [6.07, 6.45) is 1.47. The molecule has 0 aromatic carbocycles. The number of carbonyl (C=O) groups excluding carboxylic acids is 2.